The Morgan fingerprint density at radius 3 is 1.44 bits per heavy atom. The van der Waals surface area contributed by atoms with Crippen LogP contribution in [0.25, 0.3) is 0 Å². The minimum Gasteiger partial charge on any atom is -0.190 e. The van der Waals surface area contributed by atoms with Crippen molar-refractivity contribution in [2.24, 2.45) is 0 Å². The van der Waals surface area contributed by atoms with Crippen molar-refractivity contribution in [2.45, 2.75) is 53.0 Å². The first kappa shape index (κ1) is 9.06. The van der Waals surface area contributed by atoms with Gasteiger partial charge in [-0.25, -0.2) is 0 Å². The van der Waals surface area contributed by atoms with Crippen LogP contribution < -0.4 is 0 Å². The van der Waals surface area contributed by atoms with Crippen molar-refractivity contribution in [3.63, 3.8) is 0 Å². The molecule has 0 heterocycles. The fourth-order valence-corrected chi connectivity index (χ4v) is 1.71. The smallest absolute Gasteiger partial charge is 0.00544 e. The van der Waals surface area contributed by atoms with Crippen LogP contribution in [-0.2, 0) is 0 Å². The molecule has 0 bridgehead atoms. The molecular formula is C8H20B-. The maximum Gasteiger partial charge on any atom is -0.00544 e. The molecule has 0 amide bonds. The molecule has 0 radical (unpaired) electrons. The van der Waals surface area contributed by atoms with Gasteiger partial charge in [0.05, 0.1) is 0 Å². The largest absolute Gasteiger partial charge is 0.190 e. The van der Waals surface area contributed by atoms with Gasteiger partial charge in [-0.3, -0.25) is 0 Å². The summed E-state index contributed by atoms with van der Waals surface area (Å²) in [5.41, 5.74) is 0. The van der Waals surface area contributed by atoms with Gasteiger partial charge in [0.1, 0.15) is 0 Å². The number of hydrogen-bond donors (Lipinski definition) is 0. The lowest BCUT2D eigenvalue weighted by molar-refractivity contribution is 0.982. The molecule has 0 spiro atoms. The van der Waals surface area contributed by atoms with Crippen molar-refractivity contribution in [3.8, 4) is 0 Å². The number of hydrogen-bond acceptors (Lipinski definition) is 0. The lowest BCUT2D eigenvalue weighted by atomic mass is 9.24. The van der Waals surface area contributed by atoms with Gasteiger partial charge in [-0.15, -0.1) is 0 Å². The summed E-state index contributed by atoms with van der Waals surface area (Å²) in [7, 11) is 0. The first-order valence-electron chi connectivity index (χ1n) is 4.39. The van der Waals surface area contributed by atoms with Crippen LogP contribution in [-0.4, -0.2) is 6.15 Å². The minimum absolute atomic E-state index is 0.0139. The van der Waals surface area contributed by atoms with Gasteiger partial charge >= 0.3 is 0 Å². The third kappa shape index (κ3) is 4.56. The molecule has 0 aliphatic rings. The van der Waals surface area contributed by atoms with Crippen LogP contribution in [0.15, 0.2) is 0 Å². The van der Waals surface area contributed by atoms with Crippen LogP contribution >= 0.6 is 0 Å². The molecule has 0 saturated carbocycles. The first-order valence-corrected chi connectivity index (χ1v) is 4.39. The highest BCUT2D eigenvalue weighted by atomic mass is 13.8. The summed E-state index contributed by atoms with van der Waals surface area (Å²) in [6.07, 6.45) is 5.60. The minimum atomic E-state index is 0.0139. The zero-order valence-electron chi connectivity index (χ0n) is 7.41. The van der Waals surface area contributed by atoms with Gasteiger partial charge in [-0.2, -0.15) is 26.3 Å². The van der Waals surface area contributed by atoms with Crippen molar-refractivity contribution < 1.29 is 0 Å². The molecule has 0 N–H and O–H groups in total. The molecule has 0 rings (SSSR count). The monoisotopic (exact) mass is 127 g/mol. The van der Waals surface area contributed by atoms with E-state index in [4.69, 9.17) is 0 Å². The Bertz CT molecular complexity index is 59.0. The van der Waals surface area contributed by atoms with E-state index >= 15 is 0 Å². The third-order valence-corrected chi connectivity index (χ3v) is 2.14. The Balaban J connectivity index is 3.43. The molecule has 0 aromatic rings. The Labute approximate surface area is 60.0 Å². The van der Waals surface area contributed by atoms with Crippen LogP contribution in [0.3, 0.4) is 0 Å². The first-order chi connectivity index (χ1) is 4.12. The van der Waals surface area contributed by atoms with E-state index in [9.17, 15) is 0 Å². The van der Waals surface area contributed by atoms with Crippen LogP contribution in [0, 0.1) is 0 Å². The molecular weight excluding hydrogens is 107 g/mol. The van der Waals surface area contributed by atoms with E-state index < -0.39 is 0 Å². The van der Waals surface area contributed by atoms with E-state index in [2.05, 4.69) is 27.5 Å². The maximum atomic E-state index is 2.42. The molecule has 0 saturated heterocycles. The van der Waals surface area contributed by atoms with Gasteiger partial charge in [0.15, 0.2) is 0 Å². The Hall–Kier alpha value is 0.0649. The van der Waals surface area contributed by atoms with E-state index in [0.29, 0.717) is 0 Å². The zero-order chi connectivity index (χ0) is 7.33. The molecule has 56 valence electrons. The summed E-state index contributed by atoms with van der Waals surface area (Å²) in [5, 5.41) is 0. The van der Waals surface area contributed by atoms with Gasteiger partial charge < -0.3 is 0 Å². The lowest BCUT2D eigenvalue weighted by Crippen LogP contribution is -2.23. The van der Waals surface area contributed by atoms with E-state index in [1.54, 1.807) is 0 Å². The normalized spacial score (nSPS) is 12.0. The summed E-state index contributed by atoms with van der Waals surface area (Å²) in [6, 6.07) is 0. The Kier molecular flexibility index (Phi) is 4.00. The summed E-state index contributed by atoms with van der Waals surface area (Å²) in [4.78, 5) is 0. The van der Waals surface area contributed by atoms with E-state index in [0.717, 1.165) is 0 Å². The highest BCUT2D eigenvalue weighted by molar-refractivity contribution is 6.77. The highest BCUT2D eigenvalue weighted by Crippen LogP contribution is 2.18. The fraction of sp³-hybridized carbons (Fsp3) is 1.00. The molecule has 0 nitrogen and oxygen atoms in total. The summed E-state index contributed by atoms with van der Waals surface area (Å²) in [6.45, 7) is 9.40. The molecule has 9 heavy (non-hydrogen) atoms. The average Bonchev–Trinajstić information content (AvgIpc) is 1.64. The third-order valence-electron chi connectivity index (χ3n) is 2.14. The van der Waals surface area contributed by atoms with E-state index in [1.165, 1.54) is 25.5 Å². The van der Waals surface area contributed by atoms with Crippen LogP contribution in [0.2, 0.25) is 26.3 Å². The van der Waals surface area contributed by atoms with Crippen LogP contribution in [0.1, 0.15) is 26.7 Å². The van der Waals surface area contributed by atoms with Crippen LogP contribution in [0.5, 0.6) is 0 Å². The van der Waals surface area contributed by atoms with Gasteiger partial charge in [0.25, 0.3) is 0 Å². The lowest BCUT2D eigenvalue weighted by Gasteiger charge is -2.28. The second-order valence-electron chi connectivity index (χ2n) is 4.08. The molecule has 0 atom stereocenters. The zero-order valence-corrected chi connectivity index (χ0v) is 7.41. The Morgan fingerprint density at radius 2 is 1.22 bits per heavy atom. The highest BCUT2D eigenvalue weighted by Gasteiger charge is 2.08. The van der Waals surface area contributed by atoms with Crippen molar-refractivity contribution in [3.05, 3.63) is 0 Å². The molecule has 1 heteroatoms. The van der Waals surface area contributed by atoms with E-state index in [-0.39, 0.29) is 6.15 Å². The molecule has 0 unspecified atom stereocenters. The van der Waals surface area contributed by atoms with Crippen molar-refractivity contribution in [1.29, 1.82) is 0 Å². The van der Waals surface area contributed by atoms with Gasteiger partial charge in [0, 0.05) is 0 Å². The van der Waals surface area contributed by atoms with Gasteiger partial charge in [0.2, 0.25) is 0 Å². The standard InChI is InChI=1S/C8H20B/c1-5-7-9(3,4)8-6-2/h5-8H2,1-4H3/q-1. The van der Waals surface area contributed by atoms with Crippen molar-refractivity contribution in [2.75, 3.05) is 0 Å². The predicted molar refractivity (Wildman–Crippen MR) is 47.7 cm³/mol. The quantitative estimate of drug-likeness (QED) is 0.507. The van der Waals surface area contributed by atoms with Gasteiger partial charge in [-0.05, 0) is 6.15 Å². The van der Waals surface area contributed by atoms with Gasteiger partial charge in [-0.1, -0.05) is 26.7 Å². The second-order valence-corrected chi connectivity index (χ2v) is 4.08. The summed E-state index contributed by atoms with van der Waals surface area (Å²) >= 11 is 0. The molecule has 0 aromatic heterocycles. The van der Waals surface area contributed by atoms with Crippen LogP contribution in [0.4, 0.5) is 0 Å². The summed E-state index contributed by atoms with van der Waals surface area (Å²) < 4.78 is 0. The molecule has 0 aliphatic carbocycles. The van der Waals surface area contributed by atoms with E-state index in [1.807, 2.05) is 0 Å². The Morgan fingerprint density at radius 1 is 0.889 bits per heavy atom. The van der Waals surface area contributed by atoms with Crippen molar-refractivity contribution in [1.82, 2.24) is 0 Å². The van der Waals surface area contributed by atoms with Crippen molar-refractivity contribution >= 4 is 6.15 Å². The average molecular weight is 127 g/mol. The topological polar surface area (TPSA) is 0 Å². The maximum absolute atomic E-state index is 2.42. The summed E-state index contributed by atoms with van der Waals surface area (Å²) in [5.74, 6) is 0. The molecule has 0 fully saturated rings. The fourth-order valence-electron chi connectivity index (χ4n) is 1.71. The second kappa shape index (κ2) is 3.97. The predicted octanol–water partition coefficient (Wildman–Crippen LogP) is 3.51. The number of rotatable bonds is 4. The molecule has 0 aliphatic heterocycles. The molecule has 0 aromatic carbocycles. The SMILES string of the molecule is CCC[B-](C)(C)CCC.